The lowest BCUT2D eigenvalue weighted by atomic mass is 10.1. The number of benzene rings is 1. The minimum absolute atomic E-state index is 0.0822. The molecule has 2 bridgehead atoms. The van der Waals surface area contributed by atoms with E-state index in [1.165, 1.54) is 12.8 Å². The molecule has 2 saturated carbocycles. The van der Waals surface area contributed by atoms with Crippen LogP contribution in [0.5, 0.6) is 0 Å². The van der Waals surface area contributed by atoms with Crippen LogP contribution in [0, 0.1) is 11.8 Å². The molecule has 3 aromatic heterocycles. The summed E-state index contributed by atoms with van der Waals surface area (Å²) in [5, 5.41) is 1.14. The van der Waals surface area contributed by atoms with E-state index in [0.29, 0.717) is 11.5 Å². The van der Waals surface area contributed by atoms with Crippen molar-refractivity contribution in [3.8, 4) is 11.5 Å². The van der Waals surface area contributed by atoms with Gasteiger partial charge in [0.25, 0.3) is 5.91 Å². The van der Waals surface area contributed by atoms with Gasteiger partial charge >= 0.3 is 0 Å². The molecule has 1 aliphatic heterocycles. The van der Waals surface area contributed by atoms with Gasteiger partial charge in [0.05, 0.1) is 16.7 Å². The number of amides is 1. The third kappa shape index (κ3) is 2.88. The van der Waals surface area contributed by atoms with Crippen molar-refractivity contribution in [2.75, 3.05) is 6.54 Å². The van der Waals surface area contributed by atoms with Gasteiger partial charge in [0.1, 0.15) is 5.65 Å². The monoisotopic (exact) mass is 440 g/mol. The molecule has 2 N–H and O–H groups in total. The van der Waals surface area contributed by atoms with Crippen LogP contribution in [0.15, 0.2) is 42.6 Å². The van der Waals surface area contributed by atoms with Crippen LogP contribution < -0.4 is 5.73 Å². The minimum Gasteiger partial charge on any atom is -0.334 e. The second kappa shape index (κ2) is 6.90. The fourth-order valence-corrected chi connectivity index (χ4v) is 6.03. The number of aryl methyl sites for hydroxylation is 1. The van der Waals surface area contributed by atoms with Crippen LogP contribution in [0.4, 0.5) is 0 Å². The zero-order valence-electron chi connectivity index (χ0n) is 18.8. The maximum Gasteiger partial charge on any atom is 0.254 e. The topological polar surface area (TPSA) is 82.0 Å². The molecular weight excluding hydrogens is 412 g/mol. The van der Waals surface area contributed by atoms with Gasteiger partial charge in [-0.3, -0.25) is 4.79 Å². The minimum atomic E-state index is 0.0822. The van der Waals surface area contributed by atoms with E-state index in [1.54, 1.807) is 0 Å². The summed E-state index contributed by atoms with van der Waals surface area (Å²) in [5.41, 5.74) is 11.0. The van der Waals surface area contributed by atoms with Gasteiger partial charge in [0, 0.05) is 49.4 Å². The predicted molar refractivity (Wildman–Crippen MR) is 128 cm³/mol. The van der Waals surface area contributed by atoms with Crippen molar-refractivity contribution in [2.24, 2.45) is 24.6 Å². The molecule has 2 aliphatic carbocycles. The van der Waals surface area contributed by atoms with Crippen LogP contribution in [-0.2, 0) is 13.6 Å². The molecule has 1 saturated heterocycles. The number of aromatic nitrogens is 4. The van der Waals surface area contributed by atoms with E-state index < -0.39 is 0 Å². The number of fused-ring (bicyclic) bond motifs is 4. The number of hydrogen-bond donors (Lipinski definition) is 1. The number of piperidine rings is 1. The number of likely N-dealkylation sites (tertiary alicyclic amines) is 1. The number of pyridine rings is 1. The van der Waals surface area contributed by atoms with Crippen LogP contribution in [0.1, 0.15) is 36.0 Å². The molecule has 0 radical (unpaired) electrons. The van der Waals surface area contributed by atoms with Crippen molar-refractivity contribution >= 4 is 28.0 Å². The Morgan fingerprint density at radius 2 is 2.03 bits per heavy atom. The van der Waals surface area contributed by atoms with Crippen LogP contribution >= 0.6 is 0 Å². The average Bonchev–Trinajstić information content (AvgIpc) is 3.24. The molecule has 7 nitrogen and oxygen atoms in total. The number of hydrogen-bond acceptors (Lipinski definition) is 4. The van der Waals surface area contributed by atoms with Gasteiger partial charge in [-0.25, -0.2) is 9.97 Å². The summed E-state index contributed by atoms with van der Waals surface area (Å²) < 4.78 is 4.46. The first-order chi connectivity index (χ1) is 16.1. The summed E-state index contributed by atoms with van der Waals surface area (Å²) >= 11 is 0. The van der Waals surface area contributed by atoms with E-state index >= 15 is 0 Å². The van der Waals surface area contributed by atoms with Gasteiger partial charge in [0.15, 0.2) is 5.82 Å². The van der Waals surface area contributed by atoms with Crippen LogP contribution in [0.3, 0.4) is 0 Å². The molecule has 3 atom stereocenters. The summed E-state index contributed by atoms with van der Waals surface area (Å²) in [7, 11) is 2.05. The number of rotatable bonds is 4. The number of carbonyl (C=O) groups is 1. The van der Waals surface area contributed by atoms with E-state index in [9.17, 15) is 4.79 Å². The van der Waals surface area contributed by atoms with Gasteiger partial charge in [-0.2, -0.15) is 0 Å². The second-order valence-electron chi connectivity index (χ2n) is 10.1. The highest BCUT2D eigenvalue weighted by atomic mass is 16.2. The zero-order chi connectivity index (χ0) is 22.3. The predicted octanol–water partition coefficient (Wildman–Crippen LogP) is 3.56. The lowest BCUT2D eigenvalue weighted by molar-refractivity contribution is 0.0701. The first-order valence-corrected chi connectivity index (χ1v) is 12.1. The lowest BCUT2D eigenvalue weighted by Gasteiger charge is -2.27. The highest BCUT2D eigenvalue weighted by molar-refractivity contribution is 5.98. The molecule has 33 heavy (non-hydrogen) atoms. The molecular formula is C26H28N6O. The number of nitrogens with zero attached hydrogens (tertiary/aromatic N) is 5. The first-order valence-electron chi connectivity index (χ1n) is 12.1. The van der Waals surface area contributed by atoms with Gasteiger partial charge < -0.3 is 19.8 Å². The number of carbonyl (C=O) groups excluding carboxylic acids is 1. The smallest absolute Gasteiger partial charge is 0.254 e. The first kappa shape index (κ1) is 19.3. The van der Waals surface area contributed by atoms with Crippen molar-refractivity contribution in [3.63, 3.8) is 0 Å². The second-order valence-corrected chi connectivity index (χ2v) is 10.1. The highest BCUT2D eigenvalue weighted by Crippen LogP contribution is 2.38. The lowest BCUT2D eigenvalue weighted by Crippen LogP contribution is -2.41. The van der Waals surface area contributed by atoms with Gasteiger partial charge in [-0.05, 0) is 73.9 Å². The van der Waals surface area contributed by atoms with Crippen LogP contribution in [-0.4, -0.2) is 48.5 Å². The summed E-state index contributed by atoms with van der Waals surface area (Å²) in [4.78, 5) is 25.0. The van der Waals surface area contributed by atoms with E-state index in [4.69, 9.17) is 10.7 Å². The quantitative estimate of drug-likeness (QED) is 0.526. The Labute approximate surface area is 192 Å². The number of nitrogens with two attached hydrogens (primary N) is 1. The zero-order valence-corrected chi connectivity index (χ0v) is 18.8. The largest absolute Gasteiger partial charge is 0.334 e. The third-order valence-electron chi connectivity index (χ3n) is 8.06. The molecule has 4 heterocycles. The Kier molecular flexibility index (Phi) is 4.04. The van der Waals surface area contributed by atoms with Gasteiger partial charge in [-0.15, -0.1) is 0 Å². The summed E-state index contributed by atoms with van der Waals surface area (Å²) in [5.74, 6) is 2.17. The fourth-order valence-electron chi connectivity index (χ4n) is 6.03. The summed E-state index contributed by atoms with van der Waals surface area (Å²) in [6.07, 6.45) is 6.58. The normalized spacial score (nSPS) is 24.4. The van der Waals surface area contributed by atoms with Crippen molar-refractivity contribution in [1.29, 1.82) is 0 Å². The molecule has 3 aliphatic rings. The maximum absolute atomic E-state index is 13.3. The standard InChI is InChI=1S/C26H28N6O/c1-30-20-8-6-17(26(33)32-14-18-7-9-21(32)23(18)27)11-19(20)29-25(30)22-12-16-3-2-10-28-24(16)31(22)13-15-4-5-15/h2-3,6,8,10-12,15,18,21,23H,4-5,7,9,13-14,27H2,1H3/t18-,21-,23-/m1/s1. The van der Waals surface area contributed by atoms with Crippen molar-refractivity contribution in [2.45, 2.75) is 44.3 Å². The molecule has 3 fully saturated rings. The van der Waals surface area contributed by atoms with Crippen molar-refractivity contribution in [1.82, 2.24) is 24.0 Å². The Hall–Kier alpha value is -3.19. The molecule has 1 amide bonds. The Balaban J connectivity index is 1.30. The van der Waals surface area contributed by atoms with Crippen molar-refractivity contribution in [3.05, 3.63) is 48.2 Å². The molecule has 1 aromatic carbocycles. The van der Waals surface area contributed by atoms with Crippen LogP contribution in [0.25, 0.3) is 33.6 Å². The fraction of sp³-hybridized carbons (Fsp3) is 0.423. The molecule has 168 valence electrons. The number of imidazole rings is 1. The van der Waals surface area contributed by atoms with E-state index in [0.717, 1.165) is 65.4 Å². The maximum atomic E-state index is 13.3. The molecule has 7 heteroatoms. The Bertz CT molecular complexity index is 1410. The van der Waals surface area contributed by atoms with Gasteiger partial charge in [-0.1, -0.05) is 0 Å². The van der Waals surface area contributed by atoms with Crippen molar-refractivity contribution < 1.29 is 4.79 Å². The van der Waals surface area contributed by atoms with E-state index in [1.807, 2.05) is 35.4 Å². The third-order valence-corrected chi connectivity index (χ3v) is 8.06. The van der Waals surface area contributed by atoms with E-state index in [2.05, 4.69) is 33.3 Å². The van der Waals surface area contributed by atoms with E-state index in [-0.39, 0.29) is 18.0 Å². The van der Waals surface area contributed by atoms with Gasteiger partial charge in [0.2, 0.25) is 0 Å². The Morgan fingerprint density at radius 3 is 2.79 bits per heavy atom. The summed E-state index contributed by atoms with van der Waals surface area (Å²) in [6, 6.07) is 12.5. The molecule has 0 spiro atoms. The molecule has 7 rings (SSSR count). The molecule has 0 unspecified atom stereocenters. The highest BCUT2D eigenvalue weighted by Gasteiger charge is 2.46. The Morgan fingerprint density at radius 1 is 1.15 bits per heavy atom. The SMILES string of the molecule is Cn1c(-c2cc3cccnc3n2CC2CC2)nc2cc(C(=O)N3C[C@H]4CC[C@@H]3[C@@H]4N)ccc21. The average molecular weight is 441 g/mol. The molecule has 4 aromatic rings. The summed E-state index contributed by atoms with van der Waals surface area (Å²) in [6.45, 7) is 1.75. The van der Waals surface area contributed by atoms with Crippen LogP contribution in [0.2, 0.25) is 0 Å².